The molecule has 5 heteroatoms. The summed E-state index contributed by atoms with van der Waals surface area (Å²) in [7, 11) is 0. The highest BCUT2D eigenvalue weighted by Crippen LogP contribution is 2.22. The molecule has 4 nitrogen and oxygen atoms in total. The van der Waals surface area contributed by atoms with Crippen molar-refractivity contribution >= 4 is 17.4 Å². The first-order chi connectivity index (χ1) is 8.43. The van der Waals surface area contributed by atoms with Gasteiger partial charge in [0.25, 0.3) is 0 Å². The Morgan fingerprint density at radius 2 is 2.11 bits per heavy atom. The summed E-state index contributed by atoms with van der Waals surface area (Å²) < 4.78 is 5.52. The minimum atomic E-state index is 0.112. The zero-order valence-electron chi connectivity index (χ0n) is 11.5. The first kappa shape index (κ1) is 15.0. The fourth-order valence-electron chi connectivity index (χ4n) is 1.42. The van der Waals surface area contributed by atoms with Gasteiger partial charge in [-0.3, -0.25) is 0 Å². The summed E-state index contributed by atoms with van der Waals surface area (Å²) in [6, 6.07) is 1.82. The van der Waals surface area contributed by atoms with Gasteiger partial charge in [-0.2, -0.15) is 0 Å². The molecular formula is C13H22ClN3O. The summed E-state index contributed by atoms with van der Waals surface area (Å²) in [5.74, 6) is 2.04. The highest BCUT2D eigenvalue weighted by Gasteiger charge is 2.17. The van der Waals surface area contributed by atoms with Crippen LogP contribution in [0.1, 0.15) is 34.1 Å². The second-order valence-electron chi connectivity index (χ2n) is 5.36. The van der Waals surface area contributed by atoms with Crippen LogP contribution in [0, 0.1) is 5.41 Å². The number of ether oxygens (including phenoxy) is 1. The molecule has 18 heavy (non-hydrogen) atoms. The molecule has 1 N–H and O–H groups in total. The van der Waals surface area contributed by atoms with Crippen molar-refractivity contribution in [2.75, 3.05) is 17.7 Å². The molecule has 0 fully saturated rings. The minimum Gasteiger partial charge on any atom is -0.475 e. The van der Waals surface area contributed by atoms with Crippen LogP contribution in [-0.4, -0.2) is 28.5 Å². The van der Waals surface area contributed by atoms with Crippen LogP contribution >= 0.6 is 11.6 Å². The number of aromatic nitrogens is 2. The van der Waals surface area contributed by atoms with E-state index in [1.807, 2.05) is 19.9 Å². The monoisotopic (exact) mass is 271 g/mol. The summed E-state index contributed by atoms with van der Waals surface area (Å²) in [6.45, 7) is 9.11. The van der Waals surface area contributed by atoms with Gasteiger partial charge in [-0.25, -0.2) is 9.97 Å². The maximum Gasteiger partial charge on any atom is 0.218 e. The van der Waals surface area contributed by atoms with Crippen molar-refractivity contribution in [2.45, 2.75) is 40.2 Å². The molecule has 0 aliphatic heterocycles. The van der Waals surface area contributed by atoms with Gasteiger partial charge in [-0.05, 0) is 25.7 Å². The molecule has 0 radical (unpaired) electrons. The van der Waals surface area contributed by atoms with Gasteiger partial charge in [-0.1, -0.05) is 13.8 Å². The van der Waals surface area contributed by atoms with E-state index in [9.17, 15) is 0 Å². The van der Waals surface area contributed by atoms with Crippen molar-refractivity contribution in [1.29, 1.82) is 0 Å². The molecule has 0 aromatic carbocycles. The Labute approximate surface area is 114 Å². The molecule has 0 spiro atoms. The van der Waals surface area contributed by atoms with Gasteiger partial charge in [0.15, 0.2) is 0 Å². The maximum absolute atomic E-state index is 5.78. The van der Waals surface area contributed by atoms with E-state index in [0.717, 1.165) is 18.8 Å². The molecule has 1 rings (SSSR count). The lowest BCUT2D eigenvalue weighted by atomic mass is 9.90. The lowest BCUT2D eigenvalue weighted by Crippen LogP contribution is -2.24. The summed E-state index contributed by atoms with van der Waals surface area (Å²) in [5.41, 5.74) is 0.145. The number of anilines is 1. The zero-order valence-corrected chi connectivity index (χ0v) is 12.3. The van der Waals surface area contributed by atoms with E-state index in [1.165, 1.54) is 6.33 Å². The van der Waals surface area contributed by atoms with Gasteiger partial charge in [0, 0.05) is 18.5 Å². The SMILES string of the molecule is CC(C)Oc1cc(NCC(C)(C)CCCl)ncn1. The summed E-state index contributed by atoms with van der Waals surface area (Å²) >= 11 is 5.78. The van der Waals surface area contributed by atoms with E-state index in [4.69, 9.17) is 16.3 Å². The summed E-state index contributed by atoms with van der Waals surface area (Å²) in [4.78, 5) is 8.24. The van der Waals surface area contributed by atoms with Gasteiger partial charge in [-0.15, -0.1) is 11.6 Å². The number of hydrogen-bond donors (Lipinski definition) is 1. The number of halogens is 1. The van der Waals surface area contributed by atoms with Crippen LogP contribution in [-0.2, 0) is 0 Å². The molecular weight excluding hydrogens is 250 g/mol. The number of nitrogens with one attached hydrogen (secondary N) is 1. The predicted molar refractivity (Wildman–Crippen MR) is 75.4 cm³/mol. The van der Waals surface area contributed by atoms with E-state index >= 15 is 0 Å². The van der Waals surface area contributed by atoms with Crippen molar-refractivity contribution in [2.24, 2.45) is 5.41 Å². The standard InChI is InChI=1S/C13H22ClN3O/c1-10(2)18-12-7-11(16-9-17-12)15-8-13(3,4)5-6-14/h7,9-10H,5-6,8H2,1-4H3,(H,15,16,17). The molecule has 0 unspecified atom stereocenters. The molecule has 1 aromatic heterocycles. The average molecular weight is 272 g/mol. The van der Waals surface area contributed by atoms with Gasteiger partial charge < -0.3 is 10.1 Å². The lowest BCUT2D eigenvalue weighted by Gasteiger charge is -2.24. The average Bonchev–Trinajstić information content (AvgIpc) is 2.26. The molecule has 1 aromatic rings. The van der Waals surface area contributed by atoms with Crippen molar-refractivity contribution < 1.29 is 4.74 Å². The topological polar surface area (TPSA) is 47.0 Å². The summed E-state index contributed by atoms with van der Waals surface area (Å²) in [6.07, 6.45) is 2.58. The van der Waals surface area contributed by atoms with Gasteiger partial charge in [0.05, 0.1) is 6.10 Å². The van der Waals surface area contributed by atoms with Crippen LogP contribution in [0.3, 0.4) is 0 Å². The van der Waals surface area contributed by atoms with E-state index in [0.29, 0.717) is 11.8 Å². The Balaban J connectivity index is 2.57. The Hall–Kier alpha value is -1.03. The first-order valence-corrected chi connectivity index (χ1v) is 6.75. The highest BCUT2D eigenvalue weighted by molar-refractivity contribution is 6.17. The van der Waals surface area contributed by atoms with E-state index in [-0.39, 0.29) is 11.5 Å². The van der Waals surface area contributed by atoms with Gasteiger partial charge in [0.2, 0.25) is 5.88 Å². The second kappa shape index (κ2) is 6.78. The van der Waals surface area contributed by atoms with E-state index in [2.05, 4.69) is 29.1 Å². The third kappa shape index (κ3) is 5.54. The normalized spacial score (nSPS) is 11.7. The smallest absolute Gasteiger partial charge is 0.218 e. The largest absolute Gasteiger partial charge is 0.475 e. The molecule has 102 valence electrons. The van der Waals surface area contributed by atoms with Crippen LogP contribution in [0.15, 0.2) is 12.4 Å². The molecule has 0 bridgehead atoms. The molecule has 0 aliphatic carbocycles. The fourth-order valence-corrected chi connectivity index (χ4v) is 1.93. The predicted octanol–water partition coefficient (Wildman–Crippen LogP) is 3.33. The molecule has 1 heterocycles. The Kier molecular flexibility index (Phi) is 5.66. The van der Waals surface area contributed by atoms with E-state index in [1.54, 1.807) is 0 Å². The van der Waals surface area contributed by atoms with Crippen LogP contribution in [0.5, 0.6) is 5.88 Å². The summed E-state index contributed by atoms with van der Waals surface area (Å²) in [5, 5.41) is 3.29. The lowest BCUT2D eigenvalue weighted by molar-refractivity contribution is 0.232. The number of nitrogens with zero attached hydrogens (tertiary/aromatic N) is 2. The zero-order chi connectivity index (χ0) is 13.6. The Morgan fingerprint density at radius 3 is 2.72 bits per heavy atom. The van der Waals surface area contributed by atoms with Crippen molar-refractivity contribution in [1.82, 2.24) is 9.97 Å². The number of rotatable bonds is 7. The highest BCUT2D eigenvalue weighted by atomic mass is 35.5. The van der Waals surface area contributed by atoms with Crippen molar-refractivity contribution in [3.05, 3.63) is 12.4 Å². The maximum atomic E-state index is 5.78. The molecule has 0 saturated carbocycles. The quantitative estimate of drug-likeness (QED) is 0.773. The molecule has 0 amide bonds. The van der Waals surface area contributed by atoms with Gasteiger partial charge >= 0.3 is 0 Å². The van der Waals surface area contributed by atoms with Crippen LogP contribution in [0.2, 0.25) is 0 Å². The van der Waals surface area contributed by atoms with Crippen molar-refractivity contribution in [3.63, 3.8) is 0 Å². The second-order valence-corrected chi connectivity index (χ2v) is 5.74. The Bertz CT molecular complexity index is 369. The molecule has 0 aliphatic rings. The molecule has 0 saturated heterocycles. The van der Waals surface area contributed by atoms with Gasteiger partial charge in [0.1, 0.15) is 12.1 Å². The Morgan fingerprint density at radius 1 is 1.39 bits per heavy atom. The van der Waals surface area contributed by atoms with Crippen LogP contribution < -0.4 is 10.1 Å². The minimum absolute atomic E-state index is 0.112. The third-order valence-corrected chi connectivity index (χ3v) is 2.71. The van der Waals surface area contributed by atoms with Crippen molar-refractivity contribution in [3.8, 4) is 5.88 Å². The number of alkyl halides is 1. The van der Waals surface area contributed by atoms with Crippen LogP contribution in [0.25, 0.3) is 0 Å². The first-order valence-electron chi connectivity index (χ1n) is 6.21. The van der Waals surface area contributed by atoms with Crippen LogP contribution in [0.4, 0.5) is 5.82 Å². The fraction of sp³-hybridized carbons (Fsp3) is 0.692. The van der Waals surface area contributed by atoms with E-state index < -0.39 is 0 Å². The third-order valence-electron chi connectivity index (χ3n) is 2.52. The molecule has 0 atom stereocenters. The number of hydrogen-bond acceptors (Lipinski definition) is 4.